The van der Waals surface area contributed by atoms with Crippen molar-refractivity contribution in [2.75, 3.05) is 27.2 Å². The van der Waals surface area contributed by atoms with Crippen LogP contribution in [0.5, 0.6) is 0 Å². The first-order valence-electron chi connectivity index (χ1n) is 5.45. The molecule has 4 nitrogen and oxygen atoms in total. The summed E-state index contributed by atoms with van der Waals surface area (Å²) in [4.78, 5) is 12.6. The number of carbonyl (C=O) groups excluding carboxylic acids is 1. The largest absolute Gasteiger partial charge is 0.401 e. The number of rotatable bonds is 6. The molecule has 7 heteroatoms. The van der Waals surface area contributed by atoms with Crippen molar-refractivity contribution in [3.63, 3.8) is 0 Å². The van der Waals surface area contributed by atoms with Crippen LogP contribution in [0.15, 0.2) is 0 Å². The van der Waals surface area contributed by atoms with Gasteiger partial charge in [-0.05, 0) is 32.9 Å². The average molecular weight is 253 g/mol. The zero-order valence-corrected chi connectivity index (χ0v) is 9.97. The highest BCUT2D eigenvalue weighted by atomic mass is 19.4. The minimum atomic E-state index is -4.27. The molecule has 1 unspecified atom stereocenters. The Labute approximate surface area is 98.3 Å². The third-order valence-electron chi connectivity index (χ3n) is 3.13. The maximum Gasteiger partial charge on any atom is 0.401 e. The molecule has 17 heavy (non-hydrogen) atoms. The van der Waals surface area contributed by atoms with Gasteiger partial charge in [0.2, 0.25) is 5.91 Å². The molecule has 1 aliphatic rings. The van der Waals surface area contributed by atoms with Crippen LogP contribution in [-0.4, -0.2) is 49.7 Å². The Morgan fingerprint density at radius 3 is 2.24 bits per heavy atom. The van der Waals surface area contributed by atoms with Gasteiger partial charge in [-0.2, -0.15) is 13.2 Å². The number of nitrogens with zero attached hydrogens (tertiary/aromatic N) is 1. The third kappa shape index (κ3) is 3.57. The van der Waals surface area contributed by atoms with Crippen LogP contribution in [0.4, 0.5) is 13.2 Å². The van der Waals surface area contributed by atoms with E-state index in [0.29, 0.717) is 0 Å². The highest BCUT2D eigenvalue weighted by Gasteiger charge is 2.50. The van der Waals surface area contributed by atoms with Crippen LogP contribution < -0.4 is 11.1 Å². The quantitative estimate of drug-likeness (QED) is 0.717. The second kappa shape index (κ2) is 4.81. The first-order valence-corrected chi connectivity index (χ1v) is 5.45. The fourth-order valence-electron chi connectivity index (χ4n) is 2.18. The molecule has 0 aliphatic heterocycles. The van der Waals surface area contributed by atoms with E-state index in [4.69, 9.17) is 5.73 Å². The van der Waals surface area contributed by atoms with E-state index in [1.54, 1.807) is 7.05 Å². The second-order valence-corrected chi connectivity index (χ2v) is 4.65. The van der Waals surface area contributed by atoms with Crippen LogP contribution in [0.3, 0.4) is 0 Å². The molecule has 0 spiro atoms. The zero-order chi connectivity index (χ0) is 13.3. The number of amides is 1. The van der Waals surface area contributed by atoms with Gasteiger partial charge in [-0.1, -0.05) is 0 Å². The fraction of sp³-hybridized carbons (Fsp3) is 0.900. The molecule has 1 aliphatic carbocycles. The van der Waals surface area contributed by atoms with Gasteiger partial charge in [-0.15, -0.1) is 0 Å². The average Bonchev–Trinajstić information content (AvgIpc) is 2.93. The summed E-state index contributed by atoms with van der Waals surface area (Å²) in [6, 6.07) is 0. The van der Waals surface area contributed by atoms with Gasteiger partial charge in [0.05, 0.1) is 6.54 Å². The smallest absolute Gasteiger partial charge is 0.368 e. The van der Waals surface area contributed by atoms with E-state index in [1.165, 1.54) is 7.05 Å². The first-order chi connectivity index (χ1) is 7.71. The Hall–Kier alpha value is -0.820. The fourth-order valence-corrected chi connectivity index (χ4v) is 2.18. The van der Waals surface area contributed by atoms with Crippen molar-refractivity contribution in [3.8, 4) is 0 Å². The van der Waals surface area contributed by atoms with Gasteiger partial charge in [-0.3, -0.25) is 9.69 Å². The Morgan fingerprint density at radius 2 is 1.94 bits per heavy atom. The number of nitrogens with two attached hydrogens (primary N) is 1. The topological polar surface area (TPSA) is 58.4 Å². The van der Waals surface area contributed by atoms with E-state index in [0.717, 1.165) is 17.7 Å². The third-order valence-corrected chi connectivity index (χ3v) is 3.13. The number of nitrogens with one attached hydrogen (secondary N) is 1. The molecule has 0 saturated heterocycles. The first kappa shape index (κ1) is 14.2. The van der Waals surface area contributed by atoms with Crippen LogP contribution in [0.1, 0.15) is 12.8 Å². The maximum absolute atomic E-state index is 12.2. The van der Waals surface area contributed by atoms with E-state index >= 15 is 0 Å². The SMILES string of the molecule is CNC(CN(C)CC(F)(F)F)(C(N)=O)C1CC1. The van der Waals surface area contributed by atoms with Crippen LogP contribution in [-0.2, 0) is 4.79 Å². The van der Waals surface area contributed by atoms with Crippen molar-refractivity contribution in [1.82, 2.24) is 10.2 Å². The van der Waals surface area contributed by atoms with E-state index < -0.39 is 24.2 Å². The number of halogens is 3. The second-order valence-electron chi connectivity index (χ2n) is 4.65. The van der Waals surface area contributed by atoms with Crippen molar-refractivity contribution >= 4 is 5.91 Å². The van der Waals surface area contributed by atoms with Gasteiger partial charge in [0.1, 0.15) is 5.54 Å². The molecule has 0 bridgehead atoms. The highest BCUT2D eigenvalue weighted by molar-refractivity contribution is 5.85. The van der Waals surface area contributed by atoms with E-state index in [9.17, 15) is 18.0 Å². The standard InChI is InChI=1S/C10H18F3N3O/c1-15-9(8(14)17,7-3-4-7)5-16(2)6-10(11,12)13/h7,15H,3-6H2,1-2H3,(H2,14,17). The Bertz CT molecular complexity index is 291. The number of likely N-dealkylation sites (N-methyl/N-ethyl adjacent to an activating group) is 2. The molecule has 0 heterocycles. The molecule has 1 fully saturated rings. The van der Waals surface area contributed by atoms with Crippen molar-refractivity contribution in [3.05, 3.63) is 0 Å². The monoisotopic (exact) mass is 253 g/mol. The van der Waals surface area contributed by atoms with Crippen molar-refractivity contribution in [2.45, 2.75) is 24.6 Å². The van der Waals surface area contributed by atoms with Crippen LogP contribution in [0.25, 0.3) is 0 Å². The molecule has 0 radical (unpaired) electrons. The molecule has 100 valence electrons. The molecule has 0 aromatic rings. The molecule has 0 aromatic heterocycles. The predicted molar refractivity (Wildman–Crippen MR) is 57.3 cm³/mol. The zero-order valence-electron chi connectivity index (χ0n) is 9.97. The maximum atomic E-state index is 12.2. The summed E-state index contributed by atoms with van der Waals surface area (Å²) < 4.78 is 36.7. The lowest BCUT2D eigenvalue weighted by molar-refractivity contribution is -0.147. The number of primary amides is 1. The molecular weight excluding hydrogens is 235 g/mol. The summed E-state index contributed by atoms with van der Waals surface area (Å²) in [6.07, 6.45) is -2.62. The van der Waals surface area contributed by atoms with Gasteiger partial charge >= 0.3 is 6.18 Å². The van der Waals surface area contributed by atoms with Crippen molar-refractivity contribution < 1.29 is 18.0 Å². The number of hydrogen-bond donors (Lipinski definition) is 2. The summed E-state index contributed by atoms with van der Waals surface area (Å²) in [7, 11) is 2.90. The van der Waals surface area contributed by atoms with Gasteiger partial charge < -0.3 is 11.1 Å². The molecule has 1 rings (SSSR count). The number of hydrogen-bond acceptors (Lipinski definition) is 3. The summed E-state index contributed by atoms with van der Waals surface area (Å²) in [5.74, 6) is -0.544. The minimum absolute atomic E-state index is 0.0248. The number of alkyl halides is 3. The molecule has 0 aromatic carbocycles. The summed E-state index contributed by atoms with van der Waals surface area (Å²) >= 11 is 0. The summed E-state index contributed by atoms with van der Waals surface area (Å²) in [5, 5.41) is 2.81. The normalized spacial score (nSPS) is 20.4. The minimum Gasteiger partial charge on any atom is -0.368 e. The van der Waals surface area contributed by atoms with Gasteiger partial charge in [0.15, 0.2) is 0 Å². The molecule has 3 N–H and O–H groups in total. The lowest BCUT2D eigenvalue weighted by Crippen LogP contribution is -2.62. The van der Waals surface area contributed by atoms with Crippen molar-refractivity contribution in [2.24, 2.45) is 11.7 Å². The summed E-state index contributed by atoms with van der Waals surface area (Å²) in [6.45, 7) is -1.07. The summed E-state index contributed by atoms with van der Waals surface area (Å²) in [5.41, 5.74) is 4.28. The van der Waals surface area contributed by atoms with E-state index in [2.05, 4.69) is 5.32 Å². The Kier molecular flexibility index (Phi) is 4.03. The lowest BCUT2D eigenvalue weighted by atomic mass is 9.91. The molecule has 1 amide bonds. The van der Waals surface area contributed by atoms with Crippen LogP contribution in [0, 0.1) is 5.92 Å². The molecule has 1 saturated carbocycles. The molecule has 1 atom stereocenters. The van der Waals surface area contributed by atoms with Crippen LogP contribution in [0.2, 0.25) is 0 Å². The molecular formula is C10H18F3N3O. The van der Waals surface area contributed by atoms with Gasteiger partial charge in [-0.25, -0.2) is 0 Å². The van der Waals surface area contributed by atoms with Gasteiger partial charge in [0, 0.05) is 6.54 Å². The van der Waals surface area contributed by atoms with E-state index in [1.807, 2.05) is 0 Å². The van der Waals surface area contributed by atoms with Crippen molar-refractivity contribution in [1.29, 1.82) is 0 Å². The predicted octanol–water partition coefficient (Wildman–Crippen LogP) is 0.334. The van der Waals surface area contributed by atoms with E-state index in [-0.39, 0.29) is 12.5 Å². The number of carbonyl (C=O) groups is 1. The lowest BCUT2D eigenvalue weighted by Gasteiger charge is -2.34. The highest BCUT2D eigenvalue weighted by Crippen LogP contribution is 2.40. The van der Waals surface area contributed by atoms with Crippen LogP contribution >= 0.6 is 0 Å². The van der Waals surface area contributed by atoms with Gasteiger partial charge in [0.25, 0.3) is 0 Å². The Balaban J connectivity index is 2.69. The Morgan fingerprint density at radius 1 is 1.41 bits per heavy atom.